The first-order chi connectivity index (χ1) is 8.02. The zero-order chi connectivity index (χ0) is 12.8. The molecule has 1 aromatic rings. The fourth-order valence-corrected chi connectivity index (χ4v) is 1.97. The van der Waals surface area contributed by atoms with Crippen LogP contribution in [0.15, 0.2) is 24.3 Å². The highest BCUT2D eigenvalue weighted by Gasteiger charge is 2.18. The van der Waals surface area contributed by atoms with E-state index in [-0.39, 0.29) is 17.6 Å². The maximum absolute atomic E-state index is 11.4. The largest absolute Gasteiger partial charge is 0.508 e. The van der Waals surface area contributed by atoms with Gasteiger partial charge >= 0.3 is 5.97 Å². The van der Waals surface area contributed by atoms with Crippen molar-refractivity contribution in [2.45, 2.75) is 32.6 Å². The molecule has 1 aromatic carbocycles. The van der Waals surface area contributed by atoms with Gasteiger partial charge in [-0.25, -0.2) is 0 Å². The number of carbonyl (C=O) groups excluding carboxylic acids is 1. The molecule has 1 N–H and O–H groups in total. The average molecular weight is 236 g/mol. The van der Waals surface area contributed by atoms with E-state index in [1.807, 2.05) is 6.07 Å². The molecule has 17 heavy (non-hydrogen) atoms. The summed E-state index contributed by atoms with van der Waals surface area (Å²) >= 11 is 0. The van der Waals surface area contributed by atoms with Crippen molar-refractivity contribution in [3.63, 3.8) is 0 Å². The van der Waals surface area contributed by atoms with Crippen LogP contribution in [-0.2, 0) is 9.53 Å². The monoisotopic (exact) mass is 236 g/mol. The van der Waals surface area contributed by atoms with Gasteiger partial charge in [0.05, 0.1) is 13.5 Å². The molecule has 0 unspecified atom stereocenters. The molecule has 0 spiro atoms. The third-order valence-electron chi connectivity index (χ3n) is 2.74. The smallest absolute Gasteiger partial charge is 0.306 e. The van der Waals surface area contributed by atoms with Crippen molar-refractivity contribution < 1.29 is 14.6 Å². The Morgan fingerprint density at radius 1 is 1.41 bits per heavy atom. The lowest BCUT2D eigenvalue weighted by Crippen LogP contribution is -2.11. The van der Waals surface area contributed by atoms with Crippen LogP contribution in [0.2, 0.25) is 0 Å². The predicted octanol–water partition coefficient (Wildman–Crippen LogP) is 3.09. The molecule has 1 rings (SSSR count). The Morgan fingerprint density at radius 3 is 2.65 bits per heavy atom. The molecule has 0 amide bonds. The van der Waals surface area contributed by atoms with E-state index >= 15 is 0 Å². The molecule has 0 saturated carbocycles. The maximum Gasteiger partial charge on any atom is 0.306 e. The molecule has 0 aliphatic carbocycles. The van der Waals surface area contributed by atoms with E-state index in [0.717, 1.165) is 12.0 Å². The maximum atomic E-state index is 11.4. The number of esters is 1. The van der Waals surface area contributed by atoms with Crippen LogP contribution in [0, 0.1) is 5.92 Å². The van der Waals surface area contributed by atoms with Gasteiger partial charge in [0, 0.05) is 0 Å². The highest BCUT2D eigenvalue weighted by atomic mass is 16.5. The number of phenolic OH excluding ortho intramolecular Hbond substituents is 1. The summed E-state index contributed by atoms with van der Waals surface area (Å²) in [5.41, 5.74) is 0.990. The summed E-state index contributed by atoms with van der Waals surface area (Å²) in [6.07, 6.45) is 1.26. The van der Waals surface area contributed by atoms with Gasteiger partial charge in [0.15, 0.2) is 0 Å². The predicted molar refractivity (Wildman–Crippen MR) is 66.9 cm³/mol. The third kappa shape index (κ3) is 4.47. The standard InChI is InChI=1S/C14H20O3/c1-10(2)7-12(9-14(16)17-3)11-5-4-6-13(15)8-11/h4-6,8,10,12,15H,7,9H2,1-3H3/t12-/m0/s1. The molecule has 0 aromatic heterocycles. The minimum atomic E-state index is -0.209. The summed E-state index contributed by atoms with van der Waals surface area (Å²) in [5, 5.41) is 9.47. The highest BCUT2D eigenvalue weighted by Crippen LogP contribution is 2.29. The van der Waals surface area contributed by atoms with E-state index in [4.69, 9.17) is 4.74 Å². The number of hydrogen-bond donors (Lipinski definition) is 1. The molecule has 0 aliphatic rings. The zero-order valence-electron chi connectivity index (χ0n) is 10.6. The number of rotatable bonds is 5. The fraction of sp³-hybridized carbons (Fsp3) is 0.500. The van der Waals surface area contributed by atoms with Crippen LogP contribution < -0.4 is 0 Å². The Morgan fingerprint density at radius 2 is 2.12 bits per heavy atom. The fourth-order valence-electron chi connectivity index (χ4n) is 1.97. The van der Waals surface area contributed by atoms with E-state index in [1.165, 1.54) is 7.11 Å². The van der Waals surface area contributed by atoms with Crippen LogP contribution in [0.4, 0.5) is 0 Å². The van der Waals surface area contributed by atoms with Crippen molar-refractivity contribution in [1.82, 2.24) is 0 Å². The van der Waals surface area contributed by atoms with Gasteiger partial charge in [-0.2, -0.15) is 0 Å². The SMILES string of the molecule is COC(=O)C[C@H](CC(C)C)c1cccc(O)c1. The first-order valence-electron chi connectivity index (χ1n) is 5.88. The van der Waals surface area contributed by atoms with Crippen LogP contribution in [0.1, 0.15) is 38.2 Å². The van der Waals surface area contributed by atoms with Gasteiger partial charge < -0.3 is 9.84 Å². The molecule has 0 saturated heterocycles. The average Bonchev–Trinajstić information content (AvgIpc) is 2.27. The van der Waals surface area contributed by atoms with E-state index in [0.29, 0.717) is 12.3 Å². The molecular weight excluding hydrogens is 216 g/mol. The summed E-state index contributed by atoms with van der Waals surface area (Å²) in [6, 6.07) is 7.09. The van der Waals surface area contributed by atoms with E-state index in [9.17, 15) is 9.90 Å². The molecule has 0 radical (unpaired) electrons. The second-order valence-electron chi connectivity index (χ2n) is 4.70. The van der Waals surface area contributed by atoms with E-state index < -0.39 is 0 Å². The topological polar surface area (TPSA) is 46.5 Å². The van der Waals surface area contributed by atoms with Gasteiger partial charge in [0.2, 0.25) is 0 Å². The van der Waals surface area contributed by atoms with Gasteiger partial charge in [-0.3, -0.25) is 4.79 Å². The van der Waals surface area contributed by atoms with Crippen LogP contribution in [0.25, 0.3) is 0 Å². The quantitative estimate of drug-likeness (QED) is 0.799. The van der Waals surface area contributed by atoms with Gasteiger partial charge in [-0.15, -0.1) is 0 Å². The number of methoxy groups -OCH3 is 1. The summed E-state index contributed by atoms with van der Waals surface area (Å²) < 4.78 is 4.71. The van der Waals surface area contributed by atoms with Crippen molar-refractivity contribution in [1.29, 1.82) is 0 Å². The molecule has 0 fully saturated rings. The number of benzene rings is 1. The lowest BCUT2D eigenvalue weighted by Gasteiger charge is -2.18. The minimum absolute atomic E-state index is 0.106. The van der Waals surface area contributed by atoms with E-state index in [2.05, 4.69) is 13.8 Å². The van der Waals surface area contributed by atoms with Crippen molar-refractivity contribution in [2.24, 2.45) is 5.92 Å². The number of hydrogen-bond acceptors (Lipinski definition) is 3. The third-order valence-corrected chi connectivity index (χ3v) is 2.74. The first kappa shape index (κ1) is 13.6. The molecule has 94 valence electrons. The molecule has 3 heteroatoms. The number of phenols is 1. The second kappa shape index (κ2) is 6.28. The van der Waals surface area contributed by atoms with Gasteiger partial charge in [-0.05, 0) is 36.0 Å². The van der Waals surface area contributed by atoms with Crippen molar-refractivity contribution >= 4 is 5.97 Å². The van der Waals surface area contributed by atoms with Crippen LogP contribution in [-0.4, -0.2) is 18.2 Å². The summed E-state index contributed by atoms with van der Waals surface area (Å²) in [5.74, 6) is 0.627. The lowest BCUT2D eigenvalue weighted by atomic mass is 9.88. The molecular formula is C14H20O3. The van der Waals surface area contributed by atoms with Gasteiger partial charge in [0.25, 0.3) is 0 Å². The normalized spacial score (nSPS) is 12.5. The number of ether oxygens (including phenoxy) is 1. The van der Waals surface area contributed by atoms with Gasteiger partial charge in [-0.1, -0.05) is 26.0 Å². The number of aromatic hydroxyl groups is 1. The van der Waals surface area contributed by atoms with E-state index in [1.54, 1.807) is 18.2 Å². The summed E-state index contributed by atoms with van der Waals surface area (Å²) in [4.78, 5) is 11.4. The second-order valence-corrected chi connectivity index (χ2v) is 4.70. The number of carbonyl (C=O) groups is 1. The molecule has 1 atom stereocenters. The Balaban J connectivity index is 2.85. The van der Waals surface area contributed by atoms with Crippen molar-refractivity contribution in [3.05, 3.63) is 29.8 Å². The van der Waals surface area contributed by atoms with Crippen LogP contribution in [0.3, 0.4) is 0 Å². The highest BCUT2D eigenvalue weighted by molar-refractivity contribution is 5.70. The Labute approximate surface area is 102 Å². The lowest BCUT2D eigenvalue weighted by molar-refractivity contribution is -0.141. The van der Waals surface area contributed by atoms with Crippen molar-refractivity contribution in [2.75, 3.05) is 7.11 Å². The zero-order valence-corrected chi connectivity index (χ0v) is 10.6. The molecule has 0 bridgehead atoms. The summed E-state index contributed by atoms with van der Waals surface area (Å²) in [7, 11) is 1.40. The minimum Gasteiger partial charge on any atom is -0.508 e. The Hall–Kier alpha value is -1.51. The van der Waals surface area contributed by atoms with Crippen LogP contribution >= 0.6 is 0 Å². The molecule has 0 aliphatic heterocycles. The van der Waals surface area contributed by atoms with Gasteiger partial charge in [0.1, 0.15) is 5.75 Å². The molecule has 3 nitrogen and oxygen atoms in total. The summed E-state index contributed by atoms with van der Waals surface area (Å²) in [6.45, 7) is 4.24. The Kier molecular flexibility index (Phi) is 5.01. The molecule has 0 heterocycles. The van der Waals surface area contributed by atoms with Crippen molar-refractivity contribution in [3.8, 4) is 5.75 Å². The van der Waals surface area contributed by atoms with Crippen LogP contribution in [0.5, 0.6) is 5.75 Å². The Bertz CT molecular complexity index is 371. The first-order valence-corrected chi connectivity index (χ1v) is 5.88.